The quantitative estimate of drug-likeness (QED) is 0.346. The van der Waals surface area contributed by atoms with E-state index in [1.165, 1.54) is 0 Å². The van der Waals surface area contributed by atoms with Gasteiger partial charge in [0.05, 0.1) is 6.61 Å². The van der Waals surface area contributed by atoms with Gasteiger partial charge >= 0.3 is 51.4 Å². The molecule has 14 heavy (non-hydrogen) atoms. The zero-order valence-corrected chi connectivity index (χ0v) is 14.2. The van der Waals surface area contributed by atoms with Crippen molar-refractivity contribution in [2.45, 2.75) is 39.5 Å². The van der Waals surface area contributed by atoms with Crippen molar-refractivity contribution in [3.63, 3.8) is 0 Å². The molecule has 0 aliphatic carbocycles. The van der Waals surface area contributed by atoms with E-state index in [1.807, 2.05) is 13.8 Å². The monoisotopic (exact) mass is 264 g/mol. The first-order chi connectivity index (χ1) is 6.12. The smallest absolute Gasteiger partial charge is 0.770 e. The summed E-state index contributed by atoms with van der Waals surface area (Å²) in [5.74, 6) is 0.642. The molecule has 1 atom stereocenters. The molecule has 0 heterocycles. The maximum Gasteiger partial charge on any atom is 1.00 e. The Labute approximate surface area is 133 Å². The van der Waals surface area contributed by atoms with Crippen molar-refractivity contribution in [2.75, 3.05) is 12.4 Å². The van der Waals surface area contributed by atoms with Gasteiger partial charge in [-0.25, -0.2) is 0 Å². The van der Waals surface area contributed by atoms with Crippen molar-refractivity contribution in [3.05, 3.63) is 0 Å². The molecule has 0 bridgehead atoms. The van der Waals surface area contributed by atoms with Crippen LogP contribution in [0.5, 0.6) is 0 Å². The van der Waals surface area contributed by atoms with Crippen molar-refractivity contribution in [1.82, 2.24) is 0 Å². The number of hydrogen-bond acceptors (Lipinski definition) is 4. The van der Waals surface area contributed by atoms with Crippen molar-refractivity contribution >= 4 is 18.2 Å². The average molecular weight is 264 g/mol. The van der Waals surface area contributed by atoms with Crippen LogP contribution < -0.4 is 56.3 Å². The second kappa shape index (κ2) is 11.6. The Balaban J connectivity index is 0. The zero-order valence-electron chi connectivity index (χ0n) is 9.32. The van der Waals surface area contributed by atoms with E-state index in [4.69, 9.17) is 4.52 Å². The van der Waals surface area contributed by atoms with E-state index in [-0.39, 0.29) is 51.4 Å². The van der Waals surface area contributed by atoms with Crippen LogP contribution in [-0.2, 0) is 9.09 Å². The zero-order chi connectivity index (χ0) is 10.2. The van der Waals surface area contributed by atoms with Gasteiger partial charge < -0.3 is 9.42 Å². The van der Waals surface area contributed by atoms with Gasteiger partial charge in [-0.1, -0.05) is 38.1 Å². The van der Waals surface area contributed by atoms with Gasteiger partial charge in [0, 0.05) is 5.75 Å². The van der Waals surface area contributed by atoms with Crippen LogP contribution >= 0.6 is 18.2 Å². The molecule has 80 valence electrons. The summed E-state index contributed by atoms with van der Waals surface area (Å²) in [5.41, 5.74) is 0. The molecule has 0 saturated heterocycles. The molecule has 6 heteroatoms. The molecule has 0 amide bonds. The van der Waals surface area contributed by atoms with Crippen molar-refractivity contribution in [1.29, 1.82) is 0 Å². The summed E-state index contributed by atoms with van der Waals surface area (Å²) >= 11 is 0.932. The summed E-state index contributed by atoms with van der Waals surface area (Å²) in [4.78, 5) is 11.1. The molecule has 0 spiro atoms. The fourth-order valence-corrected chi connectivity index (χ4v) is 3.25. The molecule has 0 aromatic rings. The van der Waals surface area contributed by atoms with Gasteiger partial charge in [0.1, 0.15) is 0 Å². The minimum atomic E-state index is -3.59. The first kappa shape index (κ1) is 18.5. The number of rotatable bonds is 8. The first-order valence-electron chi connectivity index (χ1n) is 4.72. The fourth-order valence-electron chi connectivity index (χ4n) is 0.679. The molecular formula is C8H18KO3PS. The van der Waals surface area contributed by atoms with Crippen LogP contribution in [0, 0.1) is 0 Å². The van der Waals surface area contributed by atoms with Crippen molar-refractivity contribution in [2.24, 2.45) is 0 Å². The molecule has 3 nitrogen and oxygen atoms in total. The Kier molecular flexibility index (Phi) is 15.4. The van der Waals surface area contributed by atoms with E-state index in [0.717, 1.165) is 37.1 Å². The molecule has 0 aromatic heterocycles. The summed E-state index contributed by atoms with van der Waals surface area (Å²) in [6.45, 7) is 0.784. The summed E-state index contributed by atoms with van der Waals surface area (Å²) in [5, 5.41) is 0. The molecule has 0 aromatic carbocycles. The predicted molar refractivity (Wildman–Crippen MR) is 55.8 cm³/mol. The minimum absolute atomic E-state index is 0. The van der Waals surface area contributed by atoms with Crippen LogP contribution in [0.4, 0.5) is 0 Å². The molecule has 0 saturated carbocycles. The van der Waals surface area contributed by atoms with Crippen LogP contribution in [0.2, 0.25) is 0 Å². The molecule has 0 N–H and O–H groups in total. The van der Waals surface area contributed by atoms with Gasteiger partial charge in [-0.3, -0.25) is 4.57 Å². The van der Waals surface area contributed by atoms with Crippen LogP contribution in [0.3, 0.4) is 0 Å². The normalized spacial score (nSPS) is 14.5. The van der Waals surface area contributed by atoms with Crippen molar-refractivity contribution < 1.29 is 65.4 Å². The SMILES string of the molecule is CCCCOP(=O)([O-])SCCCC.[K+]. The summed E-state index contributed by atoms with van der Waals surface area (Å²) in [6.07, 6.45) is 3.70. The average Bonchev–Trinajstić information content (AvgIpc) is 2.05. The summed E-state index contributed by atoms with van der Waals surface area (Å²) < 4.78 is 15.9. The standard InChI is InChI=1S/C8H19O3PS.K/c1-3-5-7-11-12(9,10)13-8-6-4-2;/h3-8H2,1-2H3,(H,9,10);/q;+1/p-1. The summed E-state index contributed by atoms with van der Waals surface area (Å²) in [7, 11) is 0. The van der Waals surface area contributed by atoms with Crippen LogP contribution in [-0.4, -0.2) is 12.4 Å². The fraction of sp³-hybridized carbons (Fsp3) is 1.00. The van der Waals surface area contributed by atoms with E-state index >= 15 is 0 Å². The van der Waals surface area contributed by atoms with Crippen LogP contribution in [0.1, 0.15) is 39.5 Å². The predicted octanol–water partition coefficient (Wildman–Crippen LogP) is -0.191. The minimum Gasteiger partial charge on any atom is -0.770 e. The molecule has 1 unspecified atom stereocenters. The third-order valence-electron chi connectivity index (χ3n) is 1.49. The number of hydrogen-bond donors (Lipinski definition) is 0. The molecule has 0 aliphatic heterocycles. The van der Waals surface area contributed by atoms with Crippen LogP contribution in [0.25, 0.3) is 0 Å². The second-order valence-electron chi connectivity index (χ2n) is 2.82. The van der Waals surface area contributed by atoms with E-state index in [2.05, 4.69) is 0 Å². The Morgan fingerprint density at radius 1 is 1.29 bits per heavy atom. The van der Waals surface area contributed by atoms with Gasteiger partial charge in [0.25, 0.3) is 0 Å². The van der Waals surface area contributed by atoms with Gasteiger partial charge in [-0.05, 0) is 12.8 Å². The van der Waals surface area contributed by atoms with Gasteiger partial charge in [-0.15, -0.1) is 0 Å². The Hall–Kier alpha value is 2.14. The van der Waals surface area contributed by atoms with E-state index in [0.29, 0.717) is 12.4 Å². The van der Waals surface area contributed by atoms with E-state index in [9.17, 15) is 9.46 Å². The maximum atomic E-state index is 11.1. The number of unbranched alkanes of at least 4 members (excludes halogenated alkanes) is 2. The van der Waals surface area contributed by atoms with Crippen LogP contribution in [0.15, 0.2) is 0 Å². The van der Waals surface area contributed by atoms with Gasteiger partial charge in [0.2, 0.25) is 0 Å². The first-order valence-corrected chi connectivity index (χ1v) is 7.86. The van der Waals surface area contributed by atoms with E-state index < -0.39 is 6.80 Å². The third-order valence-corrected chi connectivity index (χ3v) is 4.59. The Morgan fingerprint density at radius 3 is 2.36 bits per heavy atom. The summed E-state index contributed by atoms with van der Waals surface area (Å²) in [6, 6.07) is 0. The topological polar surface area (TPSA) is 49.4 Å². The molecule has 0 rings (SSSR count). The second-order valence-corrected chi connectivity index (χ2v) is 6.76. The Morgan fingerprint density at radius 2 is 1.86 bits per heavy atom. The largest absolute Gasteiger partial charge is 1.00 e. The third kappa shape index (κ3) is 12.2. The molecule has 0 fully saturated rings. The maximum absolute atomic E-state index is 11.1. The Bertz CT molecular complexity index is 155. The van der Waals surface area contributed by atoms with Crippen molar-refractivity contribution in [3.8, 4) is 0 Å². The molecule has 0 radical (unpaired) electrons. The molecular weight excluding hydrogens is 246 g/mol. The molecule has 0 aliphatic rings. The van der Waals surface area contributed by atoms with E-state index in [1.54, 1.807) is 0 Å². The van der Waals surface area contributed by atoms with Gasteiger partial charge in [-0.2, -0.15) is 0 Å². The van der Waals surface area contributed by atoms with Gasteiger partial charge in [0.15, 0.2) is 6.80 Å².